The number of hydrogen-bond donors (Lipinski definition) is 0. The molecule has 28 heavy (non-hydrogen) atoms. The average Bonchev–Trinajstić information content (AvgIpc) is 2.98. The summed E-state index contributed by atoms with van der Waals surface area (Å²) in [6.45, 7) is 16.1. The minimum absolute atomic E-state index is 0.357. The van der Waals surface area contributed by atoms with Crippen molar-refractivity contribution in [1.29, 1.82) is 0 Å². The molecule has 2 heterocycles. The summed E-state index contributed by atoms with van der Waals surface area (Å²) in [5.74, 6) is 0.954. The van der Waals surface area contributed by atoms with Gasteiger partial charge in [-0.25, -0.2) is 4.79 Å². The number of nitrogens with zero attached hydrogens (tertiary/aromatic N) is 2. The molecule has 1 aromatic rings. The van der Waals surface area contributed by atoms with E-state index in [1.54, 1.807) is 14.0 Å². The molecule has 0 aromatic carbocycles. The summed E-state index contributed by atoms with van der Waals surface area (Å²) in [6.07, 6.45) is 0.257. The van der Waals surface area contributed by atoms with Gasteiger partial charge in [0.25, 0.3) is 5.88 Å². The van der Waals surface area contributed by atoms with E-state index in [1.165, 1.54) is 4.90 Å². The van der Waals surface area contributed by atoms with Crippen LogP contribution in [0.1, 0.15) is 60.6 Å². The van der Waals surface area contributed by atoms with Gasteiger partial charge in [-0.15, -0.1) is 0 Å². The van der Waals surface area contributed by atoms with Gasteiger partial charge in [-0.3, -0.25) is 0 Å². The second-order valence-electron chi connectivity index (χ2n) is 9.15. The molecular formula is C19H33BN2O6. The number of rotatable bonds is 6. The van der Waals surface area contributed by atoms with Crippen LogP contribution in [0, 0.1) is 6.92 Å². The fraction of sp³-hybridized carbons (Fsp3) is 0.789. The molecular weight excluding hydrogens is 363 g/mol. The highest BCUT2D eigenvalue weighted by Gasteiger charge is 2.54. The van der Waals surface area contributed by atoms with Crippen LogP contribution in [0.15, 0.2) is 4.52 Å². The van der Waals surface area contributed by atoms with E-state index in [0.717, 1.165) is 0 Å². The molecule has 0 unspecified atom stereocenters. The fourth-order valence-corrected chi connectivity index (χ4v) is 2.59. The Bertz CT molecular complexity index is 679. The molecule has 1 amide bonds. The Hall–Kier alpha value is -1.74. The van der Waals surface area contributed by atoms with E-state index < -0.39 is 23.9 Å². The molecule has 1 fully saturated rings. The lowest BCUT2D eigenvalue weighted by molar-refractivity contribution is 0.00578. The molecule has 158 valence electrons. The lowest BCUT2D eigenvalue weighted by atomic mass is 9.79. The van der Waals surface area contributed by atoms with Crippen LogP contribution in [-0.2, 0) is 14.0 Å². The summed E-state index contributed by atoms with van der Waals surface area (Å²) >= 11 is 0. The number of aryl methyl sites for hydroxylation is 1. The molecule has 0 aliphatic carbocycles. The number of aromatic nitrogens is 1. The minimum Gasteiger partial charge on any atom is -0.476 e. The molecule has 0 N–H and O–H groups in total. The third-order valence-electron chi connectivity index (χ3n) is 4.95. The second-order valence-corrected chi connectivity index (χ2v) is 9.15. The zero-order valence-electron chi connectivity index (χ0n) is 18.5. The van der Waals surface area contributed by atoms with E-state index in [9.17, 15) is 4.79 Å². The van der Waals surface area contributed by atoms with Gasteiger partial charge in [0.1, 0.15) is 11.4 Å². The molecule has 0 atom stereocenters. The lowest BCUT2D eigenvalue weighted by Crippen LogP contribution is -2.41. The van der Waals surface area contributed by atoms with Crippen LogP contribution in [0.5, 0.6) is 5.88 Å². The summed E-state index contributed by atoms with van der Waals surface area (Å²) in [4.78, 5) is 13.5. The predicted octanol–water partition coefficient (Wildman–Crippen LogP) is 2.92. The van der Waals surface area contributed by atoms with Gasteiger partial charge in [0.2, 0.25) is 0 Å². The normalized spacial score (nSPS) is 18.2. The zero-order valence-corrected chi connectivity index (χ0v) is 18.5. The molecule has 1 aromatic heterocycles. The Morgan fingerprint density at radius 1 is 1.18 bits per heavy atom. The van der Waals surface area contributed by atoms with Crippen molar-refractivity contribution in [3.05, 3.63) is 5.76 Å². The van der Waals surface area contributed by atoms with Crippen molar-refractivity contribution >= 4 is 18.7 Å². The Labute approximate surface area is 167 Å². The summed E-state index contributed by atoms with van der Waals surface area (Å²) in [5.41, 5.74) is -0.777. The Morgan fingerprint density at radius 3 is 2.29 bits per heavy atom. The molecule has 1 aliphatic rings. The number of carbonyl (C=O) groups is 1. The van der Waals surface area contributed by atoms with E-state index in [4.69, 9.17) is 23.3 Å². The van der Waals surface area contributed by atoms with E-state index in [-0.39, 0.29) is 6.09 Å². The molecule has 0 radical (unpaired) electrons. The molecule has 8 nitrogen and oxygen atoms in total. The Morgan fingerprint density at radius 2 is 1.75 bits per heavy atom. The molecule has 0 bridgehead atoms. The summed E-state index contributed by atoms with van der Waals surface area (Å²) in [6, 6.07) is 0. The topological polar surface area (TPSA) is 83.3 Å². The van der Waals surface area contributed by atoms with E-state index in [2.05, 4.69) is 5.16 Å². The van der Waals surface area contributed by atoms with Gasteiger partial charge >= 0.3 is 13.2 Å². The fourth-order valence-electron chi connectivity index (χ4n) is 2.59. The van der Waals surface area contributed by atoms with Gasteiger partial charge in [-0.1, -0.05) is 0 Å². The molecule has 9 heteroatoms. The van der Waals surface area contributed by atoms with Gasteiger partial charge in [-0.2, -0.15) is 0 Å². The quantitative estimate of drug-likeness (QED) is 0.540. The van der Waals surface area contributed by atoms with Crippen LogP contribution >= 0.6 is 0 Å². The van der Waals surface area contributed by atoms with E-state index in [1.807, 2.05) is 48.5 Å². The SMILES string of the molecule is Cc1onc(OCCCN(C)C(=O)OC(C)(C)C)c1B1OC(C)(C)C(C)(C)O1. The number of ether oxygens (including phenoxy) is 2. The smallest absolute Gasteiger partial charge is 0.476 e. The van der Waals surface area contributed by atoms with Crippen LogP contribution in [0.3, 0.4) is 0 Å². The summed E-state index contributed by atoms with van der Waals surface area (Å²) in [7, 11) is 1.10. The molecule has 1 saturated heterocycles. The largest absolute Gasteiger partial charge is 0.504 e. The van der Waals surface area contributed by atoms with Crippen LogP contribution in [0.2, 0.25) is 0 Å². The number of carbonyl (C=O) groups excluding carboxylic acids is 1. The van der Waals surface area contributed by atoms with Crippen LogP contribution in [0.4, 0.5) is 4.79 Å². The molecule has 1 aliphatic heterocycles. The van der Waals surface area contributed by atoms with Crippen LogP contribution < -0.4 is 10.2 Å². The average molecular weight is 396 g/mol. The highest BCUT2D eigenvalue weighted by Crippen LogP contribution is 2.37. The first-order chi connectivity index (χ1) is 12.7. The van der Waals surface area contributed by atoms with E-state index in [0.29, 0.717) is 36.7 Å². The maximum absolute atomic E-state index is 12.0. The van der Waals surface area contributed by atoms with Gasteiger partial charge in [0, 0.05) is 13.6 Å². The third kappa shape index (κ3) is 5.20. The Balaban J connectivity index is 1.91. The molecule has 0 saturated carbocycles. The van der Waals surface area contributed by atoms with Gasteiger partial charge < -0.3 is 28.2 Å². The van der Waals surface area contributed by atoms with Crippen molar-refractivity contribution in [3.8, 4) is 5.88 Å². The summed E-state index contributed by atoms with van der Waals surface area (Å²) in [5, 5.41) is 3.99. The third-order valence-corrected chi connectivity index (χ3v) is 4.95. The van der Waals surface area contributed by atoms with Crippen molar-refractivity contribution in [2.24, 2.45) is 0 Å². The van der Waals surface area contributed by atoms with Crippen molar-refractivity contribution in [1.82, 2.24) is 10.1 Å². The number of amides is 1. The van der Waals surface area contributed by atoms with E-state index >= 15 is 0 Å². The Kier molecular flexibility index (Phi) is 6.40. The van der Waals surface area contributed by atoms with Crippen molar-refractivity contribution in [2.75, 3.05) is 20.2 Å². The van der Waals surface area contributed by atoms with Gasteiger partial charge in [0.05, 0.1) is 23.3 Å². The van der Waals surface area contributed by atoms with Crippen LogP contribution in [0.25, 0.3) is 0 Å². The first-order valence-corrected chi connectivity index (χ1v) is 9.62. The van der Waals surface area contributed by atoms with Gasteiger partial charge in [0.15, 0.2) is 0 Å². The zero-order chi connectivity index (χ0) is 21.3. The summed E-state index contributed by atoms with van der Waals surface area (Å²) < 4.78 is 28.6. The minimum atomic E-state index is -0.601. The highest BCUT2D eigenvalue weighted by atomic mass is 16.7. The maximum Gasteiger partial charge on any atom is 0.504 e. The first kappa shape index (κ1) is 22.6. The lowest BCUT2D eigenvalue weighted by Gasteiger charge is -2.32. The first-order valence-electron chi connectivity index (χ1n) is 9.62. The number of hydrogen-bond acceptors (Lipinski definition) is 7. The van der Waals surface area contributed by atoms with Crippen molar-refractivity contribution in [2.45, 2.75) is 78.6 Å². The monoisotopic (exact) mass is 396 g/mol. The maximum atomic E-state index is 12.0. The highest BCUT2D eigenvalue weighted by molar-refractivity contribution is 6.63. The van der Waals surface area contributed by atoms with Crippen molar-refractivity contribution in [3.63, 3.8) is 0 Å². The molecule has 0 spiro atoms. The second kappa shape index (κ2) is 7.95. The standard InChI is InChI=1S/C19H33BN2O6/c1-13-14(20-27-18(5,6)19(7,8)28-20)15(21-26-13)24-12-10-11-22(9)16(23)25-17(2,3)4/h10-12H2,1-9H3. The predicted molar refractivity (Wildman–Crippen MR) is 106 cm³/mol. The van der Waals surface area contributed by atoms with Crippen molar-refractivity contribution < 1.29 is 28.1 Å². The van der Waals surface area contributed by atoms with Gasteiger partial charge in [-0.05, 0) is 67.0 Å². The van der Waals surface area contributed by atoms with Crippen LogP contribution in [-0.4, -0.2) is 60.3 Å². The molecule has 2 rings (SSSR count).